The summed E-state index contributed by atoms with van der Waals surface area (Å²) < 4.78 is 6.55. The van der Waals surface area contributed by atoms with Crippen LogP contribution in [0, 0.1) is 5.92 Å². The van der Waals surface area contributed by atoms with Crippen molar-refractivity contribution in [3.05, 3.63) is 54.6 Å². The zero-order chi connectivity index (χ0) is 24.6. The van der Waals surface area contributed by atoms with E-state index in [0.29, 0.717) is 5.92 Å². The maximum atomic E-state index is 6.55. The number of hydrogen-bond donors (Lipinski definition) is 0. The van der Waals surface area contributed by atoms with Crippen molar-refractivity contribution in [1.82, 2.24) is 0 Å². The van der Waals surface area contributed by atoms with Crippen LogP contribution in [0.4, 0.5) is 0 Å². The third-order valence-electron chi connectivity index (χ3n) is 7.61. The van der Waals surface area contributed by atoms with Crippen molar-refractivity contribution >= 4 is 21.5 Å². The van der Waals surface area contributed by atoms with Gasteiger partial charge in [0.05, 0.1) is 6.61 Å². The lowest BCUT2D eigenvalue weighted by atomic mass is 9.94. The molecule has 192 valence electrons. The Morgan fingerprint density at radius 3 is 1.66 bits per heavy atom. The molecule has 0 aliphatic heterocycles. The molecule has 0 aromatic heterocycles. The molecule has 0 heterocycles. The van der Waals surface area contributed by atoms with Gasteiger partial charge in [-0.25, -0.2) is 0 Å². The molecule has 0 N–H and O–H groups in total. The Kier molecular flexibility index (Phi) is 13.1. The quantitative estimate of drug-likeness (QED) is 0.124. The molecule has 3 rings (SSSR count). The Hall–Kier alpha value is -2.02. The van der Waals surface area contributed by atoms with Gasteiger partial charge in [0.1, 0.15) is 5.75 Å². The van der Waals surface area contributed by atoms with E-state index in [1.807, 2.05) is 0 Å². The molecule has 0 bridgehead atoms. The molecular weight excluding hydrogens is 424 g/mol. The molecule has 1 atom stereocenters. The van der Waals surface area contributed by atoms with Crippen molar-refractivity contribution in [3.8, 4) is 5.75 Å². The van der Waals surface area contributed by atoms with Gasteiger partial charge in [-0.3, -0.25) is 0 Å². The van der Waals surface area contributed by atoms with Gasteiger partial charge in [0.15, 0.2) is 0 Å². The van der Waals surface area contributed by atoms with E-state index in [9.17, 15) is 0 Å². The maximum Gasteiger partial charge on any atom is 0.127 e. The summed E-state index contributed by atoms with van der Waals surface area (Å²) in [5, 5.41) is 5.11. The monoisotopic (exact) mass is 474 g/mol. The molecule has 1 nitrogen and oxygen atoms in total. The summed E-state index contributed by atoms with van der Waals surface area (Å²) in [6, 6.07) is 19.8. The highest BCUT2D eigenvalue weighted by Crippen LogP contribution is 2.31. The van der Waals surface area contributed by atoms with Crippen LogP contribution in [0.3, 0.4) is 0 Å². The first-order chi connectivity index (χ1) is 17.3. The van der Waals surface area contributed by atoms with Gasteiger partial charge in [-0.05, 0) is 53.1 Å². The summed E-state index contributed by atoms with van der Waals surface area (Å²) in [5.41, 5.74) is 0. The second kappa shape index (κ2) is 16.6. The Balaban J connectivity index is 1.53. The molecule has 0 saturated heterocycles. The Labute approximate surface area is 215 Å². The van der Waals surface area contributed by atoms with Crippen LogP contribution in [0.15, 0.2) is 54.6 Å². The number of fused-ring (bicyclic) bond motifs is 2. The van der Waals surface area contributed by atoms with E-state index in [1.165, 1.54) is 124 Å². The van der Waals surface area contributed by atoms with Crippen LogP contribution < -0.4 is 4.74 Å². The average Bonchev–Trinajstić information content (AvgIpc) is 2.89. The molecular formula is C34H50O. The number of benzene rings is 3. The van der Waals surface area contributed by atoms with Crippen LogP contribution in [-0.2, 0) is 0 Å². The summed E-state index contributed by atoms with van der Waals surface area (Å²) in [4.78, 5) is 0. The first-order valence-electron chi connectivity index (χ1n) is 14.9. The Morgan fingerprint density at radius 1 is 0.543 bits per heavy atom. The molecule has 3 aromatic rings. The number of ether oxygens (including phenoxy) is 1. The average molecular weight is 475 g/mol. The lowest BCUT2D eigenvalue weighted by Gasteiger charge is -2.19. The number of hydrogen-bond acceptors (Lipinski definition) is 1. The standard InChI is InChI=1S/C34H50O/c1-3-5-7-9-11-12-14-16-21-29(20-15-13-10-8-6-4-2)28-35-34-25-19-24-32-26-30-22-17-18-23-31(30)27-33(32)34/h17-19,22-27,29H,3-16,20-21,28H2,1-2H3. The maximum absolute atomic E-state index is 6.55. The predicted octanol–water partition coefficient (Wildman–Crippen LogP) is 11.3. The third kappa shape index (κ3) is 9.86. The molecule has 0 amide bonds. The lowest BCUT2D eigenvalue weighted by molar-refractivity contribution is 0.226. The highest BCUT2D eigenvalue weighted by molar-refractivity contribution is 6.00. The highest BCUT2D eigenvalue weighted by atomic mass is 16.5. The molecule has 0 aliphatic carbocycles. The van der Waals surface area contributed by atoms with Gasteiger partial charge in [-0.2, -0.15) is 0 Å². The smallest absolute Gasteiger partial charge is 0.127 e. The van der Waals surface area contributed by atoms with Gasteiger partial charge in [-0.1, -0.05) is 140 Å². The predicted molar refractivity (Wildman–Crippen MR) is 156 cm³/mol. The third-order valence-corrected chi connectivity index (χ3v) is 7.61. The minimum atomic E-state index is 0.678. The van der Waals surface area contributed by atoms with E-state index in [-0.39, 0.29) is 0 Å². The molecule has 1 unspecified atom stereocenters. The van der Waals surface area contributed by atoms with Gasteiger partial charge in [0, 0.05) is 5.39 Å². The first kappa shape index (κ1) is 27.6. The lowest BCUT2D eigenvalue weighted by Crippen LogP contribution is -2.12. The zero-order valence-electron chi connectivity index (χ0n) is 22.7. The molecule has 35 heavy (non-hydrogen) atoms. The first-order valence-corrected chi connectivity index (χ1v) is 14.9. The fourth-order valence-corrected chi connectivity index (χ4v) is 5.36. The van der Waals surface area contributed by atoms with Crippen molar-refractivity contribution in [2.24, 2.45) is 5.92 Å². The van der Waals surface area contributed by atoms with Crippen LogP contribution in [-0.4, -0.2) is 6.61 Å². The zero-order valence-corrected chi connectivity index (χ0v) is 22.7. The van der Waals surface area contributed by atoms with Gasteiger partial charge >= 0.3 is 0 Å². The van der Waals surface area contributed by atoms with Gasteiger partial charge < -0.3 is 4.74 Å². The minimum Gasteiger partial charge on any atom is -0.493 e. The number of rotatable bonds is 19. The van der Waals surface area contributed by atoms with E-state index < -0.39 is 0 Å². The Bertz CT molecular complexity index is 959. The van der Waals surface area contributed by atoms with Crippen molar-refractivity contribution in [2.45, 2.75) is 117 Å². The molecule has 0 aliphatic rings. The second-order valence-corrected chi connectivity index (χ2v) is 10.7. The summed E-state index contributed by atoms with van der Waals surface area (Å²) >= 11 is 0. The highest BCUT2D eigenvalue weighted by Gasteiger charge is 2.12. The topological polar surface area (TPSA) is 9.23 Å². The van der Waals surface area contributed by atoms with Crippen LogP contribution in [0.25, 0.3) is 21.5 Å². The number of unbranched alkanes of at least 4 members (excludes halogenated alkanes) is 12. The molecule has 0 radical (unpaired) electrons. The molecule has 0 fully saturated rings. The largest absolute Gasteiger partial charge is 0.493 e. The normalized spacial score (nSPS) is 12.4. The summed E-state index contributed by atoms with van der Waals surface area (Å²) in [7, 11) is 0. The fourth-order valence-electron chi connectivity index (χ4n) is 5.36. The van der Waals surface area contributed by atoms with Crippen molar-refractivity contribution in [1.29, 1.82) is 0 Å². The fraction of sp³-hybridized carbons (Fsp3) is 0.588. The van der Waals surface area contributed by atoms with Crippen molar-refractivity contribution in [2.75, 3.05) is 6.61 Å². The summed E-state index contributed by atoms with van der Waals surface area (Å²) in [6.45, 7) is 5.46. The second-order valence-electron chi connectivity index (χ2n) is 10.7. The molecule has 0 spiro atoms. The van der Waals surface area contributed by atoms with E-state index in [0.717, 1.165) is 12.4 Å². The molecule has 3 aromatic carbocycles. The van der Waals surface area contributed by atoms with Gasteiger partial charge in [-0.15, -0.1) is 0 Å². The minimum absolute atomic E-state index is 0.678. The summed E-state index contributed by atoms with van der Waals surface area (Å²) in [5.74, 6) is 1.73. The van der Waals surface area contributed by atoms with Crippen LogP contribution in [0.2, 0.25) is 0 Å². The van der Waals surface area contributed by atoms with Gasteiger partial charge in [0.2, 0.25) is 0 Å². The van der Waals surface area contributed by atoms with Crippen molar-refractivity contribution < 1.29 is 4.74 Å². The van der Waals surface area contributed by atoms with Crippen molar-refractivity contribution in [3.63, 3.8) is 0 Å². The van der Waals surface area contributed by atoms with Crippen LogP contribution in [0.1, 0.15) is 117 Å². The SMILES string of the molecule is CCCCCCCCCCC(CCCCCCCC)COc1cccc2cc3ccccc3cc12. The Morgan fingerprint density at radius 2 is 1.06 bits per heavy atom. The van der Waals surface area contributed by atoms with Gasteiger partial charge in [0.25, 0.3) is 0 Å². The molecule has 1 heteroatoms. The molecule has 0 saturated carbocycles. The van der Waals surface area contributed by atoms with E-state index in [4.69, 9.17) is 4.74 Å². The van der Waals surface area contributed by atoms with Crippen LogP contribution >= 0.6 is 0 Å². The van der Waals surface area contributed by atoms with Crippen LogP contribution in [0.5, 0.6) is 5.75 Å². The van der Waals surface area contributed by atoms with E-state index in [2.05, 4.69) is 68.4 Å². The summed E-state index contributed by atoms with van der Waals surface area (Å²) in [6.07, 6.45) is 22.1. The van der Waals surface area contributed by atoms with E-state index in [1.54, 1.807) is 0 Å². The van der Waals surface area contributed by atoms with E-state index >= 15 is 0 Å².